The number of benzene rings is 1. The summed E-state index contributed by atoms with van der Waals surface area (Å²) in [5, 5.41) is 2.99. The Kier molecular flexibility index (Phi) is 4.24. The summed E-state index contributed by atoms with van der Waals surface area (Å²) in [5.41, 5.74) is 6.98. The molecule has 1 amide bonds. The first-order valence-corrected chi connectivity index (χ1v) is 8.01. The highest BCUT2D eigenvalue weighted by Gasteiger charge is 2.35. The van der Waals surface area contributed by atoms with Gasteiger partial charge in [-0.2, -0.15) is 0 Å². The average Bonchev–Trinajstić information content (AvgIpc) is 2.72. The Morgan fingerprint density at radius 3 is 2.83 bits per heavy atom. The maximum atomic E-state index is 12.8. The minimum Gasteiger partial charge on any atom is -0.393 e. The van der Waals surface area contributed by atoms with E-state index < -0.39 is 11.6 Å². The van der Waals surface area contributed by atoms with E-state index in [1.165, 1.54) is 6.20 Å². The van der Waals surface area contributed by atoms with Gasteiger partial charge in [0.1, 0.15) is 11.7 Å². The molecule has 7 heteroatoms. The lowest BCUT2D eigenvalue weighted by molar-refractivity contribution is -0.118. The standard InChI is InChI=1S/C17H21N5O2/c1-3-10(2)14-16(24)20-13-7-5-4-6-11(13)9-22(14)17-19-8-12(18)15(23)21-17/h4-8,10,14H,3,9,18H2,1-2H3,(H,20,24)(H,19,21,23)/t10-,14-/m0/s1. The topological polar surface area (TPSA) is 104 Å². The molecule has 24 heavy (non-hydrogen) atoms. The van der Waals surface area contributed by atoms with Crippen LogP contribution in [0.1, 0.15) is 25.8 Å². The minimum absolute atomic E-state index is 0.0542. The Hall–Kier alpha value is -2.83. The number of amides is 1. The first-order chi connectivity index (χ1) is 11.5. The predicted octanol–water partition coefficient (Wildman–Crippen LogP) is 1.73. The smallest absolute Gasteiger partial charge is 0.275 e. The Morgan fingerprint density at radius 2 is 2.12 bits per heavy atom. The molecule has 4 N–H and O–H groups in total. The number of fused-ring (bicyclic) bond motifs is 1. The number of rotatable bonds is 3. The summed E-state index contributed by atoms with van der Waals surface area (Å²) < 4.78 is 0. The molecule has 0 fully saturated rings. The fraction of sp³-hybridized carbons (Fsp3) is 0.353. The summed E-state index contributed by atoms with van der Waals surface area (Å²) in [5.74, 6) is 0.335. The summed E-state index contributed by atoms with van der Waals surface area (Å²) in [6.07, 6.45) is 2.15. The zero-order chi connectivity index (χ0) is 17.3. The number of hydrogen-bond donors (Lipinski definition) is 3. The lowest BCUT2D eigenvalue weighted by Gasteiger charge is -2.32. The van der Waals surface area contributed by atoms with E-state index in [1.54, 1.807) is 0 Å². The van der Waals surface area contributed by atoms with Crippen LogP contribution in [0.4, 0.5) is 17.3 Å². The number of nitrogens with two attached hydrogens (primary N) is 1. The molecule has 0 aliphatic carbocycles. The molecule has 0 bridgehead atoms. The summed E-state index contributed by atoms with van der Waals surface area (Å²) in [4.78, 5) is 33.5. The van der Waals surface area contributed by atoms with Gasteiger partial charge in [-0.1, -0.05) is 38.5 Å². The van der Waals surface area contributed by atoms with Crippen molar-refractivity contribution >= 4 is 23.2 Å². The number of aromatic amines is 1. The van der Waals surface area contributed by atoms with Crippen LogP contribution in [0.25, 0.3) is 0 Å². The largest absolute Gasteiger partial charge is 0.393 e. The van der Waals surface area contributed by atoms with Gasteiger partial charge in [0.2, 0.25) is 11.9 Å². The number of para-hydroxylation sites is 1. The van der Waals surface area contributed by atoms with E-state index in [4.69, 9.17) is 5.73 Å². The number of carbonyl (C=O) groups excluding carboxylic acids is 1. The van der Waals surface area contributed by atoms with Crippen molar-refractivity contribution in [3.63, 3.8) is 0 Å². The fourth-order valence-electron chi connectivity index (χ4n) is 2.95. The molecule has 0 saturated heterocycles. The molecule has 2 heterocycles. The molecular formula is C17H21N5O2. The maximum Gasteiger partial charge on any atom is 0.275 e. The molecule has 1 aromatic heterocycles. The molecule has 2 aromatic rings. The van der Waals surface area contributed by atoms with Crippen molar-refractivity contribution in [2.24, 2.45) is 5.92 Å². The van der Waals surface area contributed by atoms with E-state index >= 15 is 0 Å². The molecule has 3 rings (SSSR count). The molecule has 7 nitrogen and oxygen atoms in total. The van der Waals surface area contributed by atoms with Gasteiger partial charge in [-0.25, -0.2) is 4.98 Å². The molecule has 1 aliphatic rings. The second-order valence-electron chi connectivity index (χ2n) is 6.10. The Balaban J connectivity index is 2.11. The number of hydrogen-bond acceptors (Lipinski definition) is 5. The average molecular weight is 327 g/mol. The van der Waals surface area contributed by atoms with Crippen molar-refractivity contribution in [1.29, 1.82) is 0 Å². The Labute approximate surface area is 139 Å². The zero-order valence-corrected chi connectivity index (χ0v) is 13.7. The molecule has 126 valence electrons. The third kappa shape index (κ3) is 2.84. The SMILES string of the molecule is CC[C@H](C)[C@H]1C(=O)Nc2ccccc2CN1c1ncc(N)c(=O)[nH]1. The van der Waals surface area contributed by atoms with E-state index in [0.29, 0.717) is 12.5 Å². The number of aromatic nitrogens is 2. The highest BCUT2D eigenvalue weighted by atomic mass is 16.2. The van der Waals surface area contributed by atoms with Crippen LogP contribution < -0.4 is 21.5 Å². The van der Waals surface area contributed by atoms with E-state index in [0.717, 1.165) is 17.7 Å². The van der Waals surface area contributed by atoms with Crippen LogP contribution in [0.3, 0.4) is 0 Å². The molecular weight excluding hydrogens is 306 g/mol. The fourth-order valence-corrected chi connectivity index (χ4v) is 2.95. The van der Waals surface area contributed by atoms with E-state index in [9.17, 15) is 9.59 Å². The first kappa shape index (κ1) is 16.0. The van der Waals surface area contributed by atoms with Gasteiger partial charge in [0.15, 0.2) is 0 Å². The molecule has 2 atom stereocenters. The van der Waals surface area contributed by atoms with Gasteiger partial charge in [-0.15, -0.1) is 0 Å². The molecule has 0 saturated carbocycles. The second-order valence-corrected chi connectivity index (χ2v) is 6.10. The quantitative estimate of drug-likeness (QED) is 0.796. The van der Waals surface area contributed by atoms with Crippen LogP contribution in [0.5, 0.6) is 0 Å². The lowest BCUT2D eigenvalue weighted by atomic mass is 9.97. The summed E-state index contributed by atoms with van der Waals surface area (Å²) in [6, 6.07) is 7.21. The van der Waals surface area contributed by atoms with Crippen molar-refractivity contribution in [1.82, 2.24) is 9.97 Å². The van der Waals surface area contributed by atoms with Gasteiger partial charge < -0.3 is 16.0 Å². The monoisotopic (exact) mass is 327 g/mol. The van der Waals surface area contributed by atoms with E-state index in [1.807, 2.05) is 43.0 Å². The van der Waals surface area contributed by atoms with Gasteiger partial charge in [0.25, 0.3) is 5.56 Å². The van der Waals surface area contributed by atoms with Crippen molar-refractivity contribution < 1.29 is 4.79 Å². The van der Waals surface area contributed by atoms with E-state index in [-0.39, 0.29) is 17.5 Å². The maximum absolute atomic E-state index is 12.8. The van der Waals surface area contributed by atoms with Crippen LogP contribution in [0.2, 0.25) is 0 Å². The van der Waals surface area contributed by atoms with E-state index in [2.05, 4.69) is 15.3 Å². The van der Waals surface area contributed by atoms with Crippen molar-refractivity contribution in [3.8, 4) is 0 Å². The Morgan fingerprint density at radius 1 is 1.38 bits per heavy atom. The van der Waals surface area contributed by atoms with Crippen LogP contribution in [0, 0.1) is 5.92 Å². The van der Waals surface area contributed by atoms with Gasteiger partial charge in [0, 0.05) is 12.2 Å². The van der Waals surface area contributed by atoms with Crippen molar-refractivity contribution in [2.45, 2.75) is 32.9 Å². The van der Waals surface area contributed by atoms with Crippen LogP contribution in [0.15, 0.2) is 35.3 Å². The number of nitrogen functional groups attached to an aromatic ring is 1. The minimum atomic E-state index is -0.436. The first-order valence-electron chi connectivity index (χ1n) is 8.01. The third-order valence-electron chi connectivity index (χ3n) is 4.49. The van der Waals surface area contributed by atoms with Gasteiger partial charge in [-0.3, -0.25) is 14.6 Å². The molecule has 0 unspecified atom stereocenters. The summed E-state index contributed by atoms with van der Waals surface area (Å²) >= 11 is 0. The molecule has 0 radical (unpaired) electrons. The van der Waals surface area contributed by atoms with Crippen molar-refractivity contribution in [2.75, 3.05) is 16.0 Å². The van der Waals surface area contributed by atoms with Gasteiger partial charge >= 0.3 is 0 Å². The van der Waals surface area contributed by atoms with Crippen molar-refractivity contribution in [3.05, 3.63) is 46.4 Å². The highest BCUT2D eigenvalue weighted by molar-refractivity contribution is 5.98. The molecule has 1 aromatic carbocycles. The number of carbonyl (C=O) groups is 1. The van der Waals surface area contributed by atoms with Gasteiger partial charge in [0.05, 0.1) is 6.20 Å². The zero-order valence-electron chi connectivity index (χ0n) is 13.7. The van der Waals surface area contributed by atoms with Crippen LogP contribution >= 0.6 is 0 Å². The van der Waals surface area contributed by atoms with Crippen LogP contribution in [-0.2, 0) is 11.3 Å². The molecule has 1 aliphatic heterocycles. The molecule has 0 spiro atoms. The number of H-pyrrole nitrogens is 1. The normalized spacial score (nSPS) is 18.5. The second kappa shape index (κ2) is 6.35. The predicted molar refractivity (Wildman–Crippen MR) is 93.8 cm³/mol. The lowest BCUT2D eigenvalue weighted by Crippen LogP contribution is -2.47. The number of nitrogens with one attached hydrogen (secondary N) is 2. The highest BCUT2D eigenvalue weighted by Crippen LogP contribution is 2.29. The van der Waals surface area contributed by atoms with Crippen LogP contribution in [-0.4, -0.2) is 21.9 Å². The number of anilines is 3. The Bertz CT molecular complexity index is 817. The summed E-state index contributed by atoms with van der Waals surface area (Å²) in [7, 11) is 0. The number of nitrogens with zero attached hydrogens (tertiary/aromatic N) is 2. The third-order valence-corrected chi connectivity index (χ3v) is 4.49. The summed E-state index contributed by atoms with van der Waals surface area (Å²) in [6.45, 7) is 4.52. The van der Waals surface area contributed by atoms with Gasteiger partial charge in [-0.05, 0) is 17.5 Å².